The third-order valence-electron chi connectivity index (χ3n) is 5.49. The molecule has 0 saturated carbocycles. The van der Waals surface area contributed by atoms with Crippen molar-refractivity contribution in [2.24, 2.45) is 5.73 Å². The number of hydrogen-bond donors (Lipinski definition) is 2. The number of nitrogens with one attached hydrogen (secondary N) is 1. The molecule has 0 amide bonds. The van der Waals surface area contributed by atoms with Gasteiger partial charge in [0.15, 0.2) is 11.5 Å². The number of ether oxygens (including phenoxy) is 3. The summed E-state index contributed by atoms with van der Waals surface area (Å²) >= 11 is 0. The van der Waals surface area contributed by atoms with E-state index in [1.165, 1.54) is 0 Å². The molecule has 1 atom stereocenters. The van der Waals surface area contributed by atoms with E-state index in [0.29, 0.717) is 29.2 Å². The molecule has 1 aromatic carbocycles. The fraction of sp³-hybridized carbons (Fsp3) is 0.280. The number of esters is 1. The van der Waals surface area contributed by atoms with Gasteiger partial charge in [-0.25, -0.2) is 4.79 Å². The third kappa shape index (κ3) is 4.33. The Bertz CT molecular complexity index is 1030. The highest BCUT2D eigenvalue weighted by Gasteiger charge is 2.38. The summed E-state index contributed by atoms with van der Waals surface area (Å²) in [5, 5.41) is 8.21. The first-order valence-corrected chi connectivity index (χ1v) is 10.2. The number of hydrogen-bond acceptors (Lipinski definition) is 6. The van der Waals surface area contributed by atoms with Crippen LogP contribution in [0.5, 0.6) is 11.5 Å². The number of methoxy groups -OCH3 is 2. The maximum Gasteiger partial charge on any atom is 0.356 e. The van der Waals surface area contributed by atoms with Crippen LogP contribution in [0.15, 0.2) is 77.6 Å². The quantitative estimate of drug-likeness (QED) is 0.511. The molecule has 1 aromatic rings. The van der Waals surface area contributed by atoms with Gasteiger partial charge in [0.05, 0.1) is 20.8 Å². The molecule has 1 unspecified atom stereocenters. The number of allylic oxidation sites excluding steroid dienone is 9. The lowest BCUT2D eigenvalue weighted by atomic mass is 9.67. The van der Waals surface area contributed by atoms with Crippen LogP contribution in [0.4, 0.5) is 0 Å². The highest BCUT2D eigenvalue weighted by Crippen LogP contribution is 2.45. The van der Waals surface area contributed by atoms with Crippen LogP contribution in [-0.2, 0) is 14.9 Å². The van der Waals surface area contributed by atoms with Crippen LogP contribution in [0.2, 0.25) is 0 Å². The minimum atomic E-state index is -0.680. The van der Waals surface area contributed by atoms with Crippen LogP contribution in [0.25, 0.3) is 0 Å². The fourth-order valence-electron chi connectivity index (χ4n) is 3.90. The Morgan fingerprint density at radius 2 is 1.94 bits per heavy atom. The summed E-state index contributed by atoms with van der Waals surface area (Å²) in [7, 11) is 3.20. The summed E-state index contributed by atoms with van der Waals surface area (Å²) in [6.07, 6.45) is 15.4. The smallest absolute Gasteiger partial charge is 0.356 e. The largest absolute Gasteiger partial charge is 0.493 e. The van der Waals surface area contributed by atoms with E-state index < -0.39 is 11.4 Å². The van der Waals surface area contributed by atoms with Crippen molar-refractivity contribution in [3.05, 3.63) is 83.1 Å². The van der Waals surface area contributed by atoms with E-state index in [1.807, 2.05) is 30.4 Å². The monoisotopic (exact) mass is 420 g/mol. The SMILES string of the molecule is CCOC(=O)C(=N)C1=C(N)CC(C2=CC=CCC=C2)(c2ccc(OC)c(OC)c2)C=C1. The summed E-state index contributed by atoms with van der Waals surface area (Å²) in [4.78, 5) is 12.1. The summed E-state index contributed by atoms with van der Waals surface area (Å²) in [6, 6.07) is 5.81. The van der Waals surface area contributed by atoms with Gasteiger partial charge in [0.2, 0.25) is 0 Å². The van der Waals surface area contributed by atoms with Crippen LogP contribution in [0, 0.1) is 5.41 Å². The van der Waals surface area contributed by atoms with E-state index in [-0.39, 0.29) is 12.3 Å². The number of rotatable bonds is 7. The van der Waals surface area contributed by atoms with Gasteiger partial charge in [0, 0.05) is 23.1 Å². The zero-order chi connectivity index (χ0) is 22.4. The van der Waals surface area contributed by atoms with Gasteiger partial charge >= 0.3 is 5.97 Å². The lowest BCUT2D eigenvalue weighted by Crippen LogP contribution is -2.33. The van der Waals surface area contributed by atoms with Gasteiger partial charge < -0.3 is 19.9 Å². The van der Waals surface area contributed by atoms with E-state index in [4.69, 9.17) is 25.4 Å². The Morgan fingerprint density at radius 1 is 1.16 bits per heavy atom. The predicted octanol–water partition coefficient (Wildman–Crippen LogP) is 4.14. The highest BCUT2D eigenvalue weighted by atomic mass is 16.5. The molecule has 0 aliphatic heterocycles. The minimum absolute atomic E-state index is 0.206. The number of carbonyl (C=O) groups excluding carboxylic acids is 1. The standard InChI is InChI=1S/C25H28N2O4/c1-4-31-24(28)23(27)19-13-14-25(16-20(19)26,17-9-7-5-6-8-10-17)18-11-12-21(29-2)22(15-18)30-3/h5,7-15,27H,4,6,16,26H2,1-3H3. The van der Waals surface area contributed by atoms with Crippen molar-refractivity contribution in [2.45, 2.75) is 25.2 Å². The summed E-state index contributed by atoms with van der Waals surface area (Å²) in [5.41, 5.74) is 8.50. The van der Waals surface area contributed by atoms with Crippen LogP contribution in [0.1, 0.15) is 25.3 Å². The lowest BCUT2D eigenvalue weighted by Gasteiger charge is -2.36. The van der Waals surface area contributed by atoms with Gasteiger partial charge in [0.1, 0.15) is 5.71 Å². The van der Waals surface area contributed by atoms with Crippen molar-refractivity contribution in [2.75, 3.05) is 20.8 Å². The van der Waals surface area contributed by atoms with Crippen molar-refractivity contribution < 1.29 is 19.0 Å². The first-order valence-electron chi connectivity index (χ1n) is 10.2. The van der Waals surface area contributed by atoms with Gasteiger partial charge in [-0.2, -0.15) is 0 Å². The van der Waals surface area contributed by atoms with Gasteiger partial charge in [-0.05, 0) is 36.6 Å². The van der Waals surface area contributed by atoms with Gasteiger partial charge in [-0.1, -0.05) is 48.6 Å². The first-order chi connectivity index (χ1) is 15.0. The van der Waals surface area contributed by atoms with E-state index in [1.54, 1.807) is 27.2 Å². The first kappa shape index (κ1) is 22.2. The molecule has 0 aromatic heterocycles. The van der Waals surface area contributed by atoms with Gasteiger partial charge in [-0.15, -0.1) is 0 Å². The van der Waals surface area contributed by atoms with Crippen molar-refractivity contribution >= 4 is 11.7 Å². The zero-order valence-electron chi connectivity index (χ0n) is 18.1. The summed E-state index contributed by atoms with van der Waals surface area (Å²) in [5.74, 6) is 0.578. The van der Waals surface area contributed by atoms with Crippen molar-refractivity contribution in [3.63, 3.8) is 0 Å². The normalized spacial score (nSPS) is 20.2. The molecule has 0 heterocycles. The molecule has 31 heavy (non-hydrogen) atoms. The molecular formula is C25H28N2O4. The number of carbonyl (C=O) groups is 1. The van der Waals surface area contributed by atoms with E-state index in [9.17, 15) is 4.79 Å². The Morgan fingerprint density at radius 3 is 2.61 bits per heavy atom. The molecule has 162 valence electrons. The molecule has 3 rings (SSSR count). The second-order valence-electron chi connectivity index (χ2n) is 7.27. The van der Waals surface area contributed by atoms with Crippen LogP contribution in [-0.4, -0.2) is 32.5 Å². The summed E-state index contributed by atoms with van der Waals surface area (Å²) < 4.78 is 15.9. The van der Waals surface area contributed by atoms with Gasteiger partial charge in [-0.3, -0.25) is 5.41 Å². The molecule has 0 bridgehead atoms. The fourth-order valence-corrected chi connectivity index (χ4v) is 3.90. The lowest BCUT2D eigenvalue weighted by molar-refractivity contribution is -0.135. The highest BCUT2D eigenvalue weighted by molar-refractivity contribution is 6.42. The molecule has 3 N–H and O–H groups in total. The average Bonchev–Trinajstić information content (AvgIpc) is 3.08. The van der Waals surface area contributed by atoms with Crippen molar-refractivity contribution in [1.29, 1.82) is 5.41 Å². The Balaban J connectivity index is 2.12. The zero-order valence-corrected chi connectivity index (χ0v) is 18.1. The molecule has 6 heteroatoms. The number of nitrogens with two attached hydrogens (primary N) is 1. The molecule has 0 radical (unpaired) electrons. The molecule has 0 spiro atoms. The molecule has 0 fully saturated rings. The van der Waals surface area contributed by atoms with Crippen molar-refractivity contribution in [3.8, 4) is 11.5 Å². The Kier molecular flexibility index (Phi) is 6.80. The molecule has 2 aliphatic rings. The third-order valence-corrected chi connectivity index (χ3v) is 5.49. The number of benzene rings is 1. The second-order valence-corrected chi connectivity index (χ2v) is 7.27. The molecular weight excluding hydrogens is 392 g/mol. The Hall–Kier alpha value is -3.54. The molecule has 0 saturated heterocycles. The van der Waals surface area contributed by atoms with Crippen LogP contribution in [0.3, 0.4) is 0 Å². The maximum absolute atomic E-state index is 12.1. The Labute approximate surface area is 182 Å². The van der Waals surface area contributed by atoms with E-state index in [0.717, 1.165) is 17.6 Å². The second kappa shape index (κ2) is 9.51. The van der Waals surface area contributed by atoms with Gasteiger partial charge in [0.25, 0.3) is 0 Å². The minimum Gasteiger partial charge on any atom is -0.493 e. The summed E-state index contributed by atoms with van der Waals surface area (Å²) in [6.45, 7) is 1.91. The predicted molar refractivity (Wildman–Crippen MR) is 122 cm³/mol. The van der Waals surface area contributed by atoms with E-state index in [2.05, 4.69) is 24.3 Å². The van der Waals surface area contributed by atoms with Crippen molar-refractivity contribution in [1.82, 2.24) is 0 Å². The van der Waals surface area contributed by atoms with E-state index >= 15 is 0 Å². The van der Waals surface area contributed by atoms with Crippen LogP contribution < -0.4 is 15.2 Å². The van der Waals surface area contributed by atoms with Crippen LogP contribution >= 0.6 is 0 Å². The maximum atomic E-state index is 12.1. The molecule has 2 aliphatic carbocycles. The average molecular weight is 421 g/mol. The molecule has 6 nitrogen and oxygen atoms in total. The topological polar surface area (TPSA) is 94.6 Å².